The van der Waals surface area contributed by atoms with Crippen LogP contribution in [-0.2, 0) is 16.1 Å². The van der Waals surface area contributed by atoms with Crippen molar-refractivity contribution < 1.29 is 9.59 Å². The van der Waals surface area contributed by atoms with E-state index in [0.717, 1.165) is 22.0 Å². The Bertz CT molecular complexity index is 1390. The molecule has 0 aliphatic carbocycles. The van der Waals surface area contributed by atoms with Crippen molar-refractivity contribution in [3.8, 4) is 0 Å². The summed E-state index contributed by atoms with van der Waals surface area (Å²) in [6.45, 7) is 0.566. The van der Waals surface area contributed by atoms with Crippen LogP contribution < -0.4 is 10.4 Å². The van der Waals surface area contributed by atoms with Gasteiger partial charge in [-0.05, 0) is 42.0 Å². The van der Waals surface area contributed by atoms with Crippen LogP contribution in [0.15, 0.2) is 84.6 Å². The van der Waals surface area contributed by atoms with Gasteiger partial charge in [-0.1, -0.05) is 65.7 Å². The number of carbonyl (C=O) groups excluding carboxylic acids is 2. The minimum absolute atomic E-state index is 0.0892. The molecule has 32 heavy (non-hydrogen) atoms. The summed E-state index contributed by atoms with van der Waals surface area (Å²) in [5.74, 6) is -0.817. The lowest BCUT2D eigenvalue weighted by Crippen LogP contribution is -2.35. The van der Waals surface area contributed by atoms with Gasteiger partial charge in [-0.2, -0.15) is 0 Å². The summed E-state index contributed by atoms with van der Waals surface area (Å²) in [6, 6.07) is 22.4. The van der Waals surface area contributed by atoms with E-state index in [1.807, 2.05) is 60.8 Å². The van der Waals surface area contributed by atoms with E-state index in [-0.39, 0.29) is 11.5 Å². The molecular formula is C25H17Cl2N3O2. The Hall–Kier alpha value is -3.54. The number of hydrogen-bond donors (Lipinski definition) is 1. The predicted octanol–water partition coefficient (Wildman–Crippen LogP) is 5.46. The van der Waals surface area contributed by atoms with Crippen LogP contribution in [0.1, 0.15) is 11.1 Å². The zero-order valence-electron chi connectivity index (χ0n) is 16.8. The molecule has 0 spiro atoms. The highest BCUT2D eigenvalue weighted by atomic mass is 35.5. The largest absolute Gasteiger partial charge is 0.342 e. The van der Waals surface area contributed by atoms with Gasteiger partial charge in [0.05, 0.1) is 15.7 Å². The highest BCUT2D eigenvalue weighted by Gasteiger charge is 2.34. The quantitative estimate of drug-likeness (QED) is 0.324. The molecule has 1 aliphatic heterocycles. The van der Waals surface area contributed by atoms with Gasteiger partial charge >= 0.3 is 0 Å². The second-order valence-electron chi connectivity index (χ2n) is 7.45. The molecule has 1 saturated heterocycles. The fraction of sp³-hybridized carbons (Fsp3) is 0.0400. The highest BCUT2D eigenvalue weighted by Crippen LogP contribution is 2.28. The molecule has 5 nitrogen and oxygen atoms in total. The van der Waals surface area contributed by atoms with Crippen molar-refractivity contribution in [1.82, 2.24) is 9.99 Å². The summed E-state index contributed by atoms with van der Waals surface area (Å²) in [5.41, 5.74) is 6.09. The molecule has 158 valence electrons. The van der Waals surface area contributed by atoms with Crippen LogP contribution in [0.5, 0.6) is 0 Å². The fourth-order valence-corrected chi connectivity index (χ4v) is 4.15. The predicted molar refractivity (Wildman–Crippen MR) is 128 cm³/mol. The second-order valence-corrected chi connectivity index (χ2v) is 8.27. The molecule has 2 heterocycles. The van der Waals surface area contributed by atoms with Crippen molar-refractivity contribution in [2.75, 3.05) is 5.01 Å². The topological polar surface area (TPSA) is 54.3 Å². The van der Waals surface area contributed by atoms with Crippen molar-refractivity contribution in [1.29, 1.82) is 0 Å². The highest BCUT2D eigenvalue weighted by molar-refractivity contribution is 6.42. The van der Waals surface area contributed by atoms with E-state index in [1.54, 1.807) is 24.3 Å². The van der Waals surface area contributed by atoms with Gasteiger partial charge in [0.2, 0.25) is 0 Å². The molecule has 5 rings (SSSR count). The molecule has 7 heteroatoms. The Morgan fingerprint density at radius 3 is 2.41 bits per heavy atom. The van der Waals surface area contributed by atoms with Crippen LogP contribution in [0.4, 0.5) is 5.69 Å². The van der Waals surface area contributed by atoms with E-state index in [0.29, 0.717) is 22.3 Å². The Balaban J connectivity index is 1.53. The van der Waals surface area contributed by atoms with Crippen molar-refractivity contribution in [3.05, 3.63) is 106 Å². The Kier molecular flexibility index (Phi) is 5.21. The third kappa shape index (κ3) is 3.66. The van der Waals surface area contributed by atoms with Gasteiger partial charge in [-0.15, -0.1) is 0 Å². The van der Waals surface area contributed by atoms with Gasteiger partial charge in [-0.3, -0.25) is 15.0 Å². The molecule has 0 atom stereocenters. The standard InChI is InChI=1S/C25H17Cl2N3O2/c26-21-11-10-16(12-22(21)27)14-29-15-17(19-8-4-5-9-23(19)29)13-20-24(31)28-30(25(20)32)18-6-2-1-3-7-18/h1-13,15H,14H2,(H,28,31). The summed E-state index contributed by atoms with van der Waals surface area (Å²) < 4.78 is 2.06. The van der Waals surface area contributed by atoms with Gasteiger partial charge in [0.15, 0.2) is 0 Å². The van der Waals surface area contributed by atoms with E-state index >= 15 is 0 Å². The van der Waals surface area contributed by atoms with Crippen LogP contribution in [0.25, 0.3) is 17.0 Å². The monoisotopic (exact) mass is 461 g/mol. The normalized spacial score (nSPS) is 15.1. The van der Waals surface area contributed by atoms with E-state index in [9.17, 15) is 9.59 Å². The minimum Gasteiger partial charge on any atom is -0.342 e. The maximum absolute atomic E-state index is 13.0. The van der Waals surface area contributed by atoms with Gasteiger partial charge in [0.25, 0.3) is 11.8 Å². The van der Waals surface area contributed by atoms with Crippen molar-refractivity contribution in [3.63, 3.8) is 0 Å². The second kappa shape index (κ2) is 8.19. The number of fused-ring (bicyclic) bond motifs is 1. The third-order valence-electron chi connectivity index (χ3n) is 5.36. The van der Waals surface area contributed by atoms with Crippen LogP contribution in [0, 0.1) is 0 Å². The number of carbonyl (C=O) groups is 2. The molecule has 0 radical (unpaired) electrons. The lowest BCUT2D eigenvalue weighted by molar-refractivity contribution is -0.117. The van der Waals surface area contributed by atoms with Crippen LogP contribution in [0.2, 0.25) is 10.0 Å². The SMILES string of the molecule is O=C1NN(c2ccccc2)C(=O)C1=Cc1cn(Cc2ccc(Cl)c(Cl)c2)c2ccccc12. The maximum atomic E-state index is 13.0. The van der Waals surface area contributed by atoms with Crippen molar-refractivity contribution in [2.45, 2.75) is 6.54 Å². The van der Waals surface area contributed by atoms with Crippen molar-refractivity contribution >= 4 is 57.7 Å². The number of halogens is 2. The van der Waals surface area contributed by atoms with Gasteiger partial charge in [0, 0.05) is 29.2 Å². The number of rotatable bonds is 4. The first kappa shape index (κ1) is 20.4. The molecular weight excluding hydrogens is 445 g/mol. The van der Waals surface area contributed by atoms with Crippen LogP contribution in [0.3, 0.4) is 0 Å². The molecule has 1 aromatic heterocycles. The number of aromatic nitrogens is 1. The summed E-state index contributed by atoms with van der Waals surface area (Å²) in [4.78, 5) is 25.6. The minimum atomic E-state index is -0.430. The molecule has 1 aliphatic rings. The fourth-order valence-electron chi connectivity index (χ4n) is 3.83. The lowest BCUT2D eigenvalue weighted by atomic mass is 10.1. The first-order valence-electron chi connectivity index (χ1n) is 9.95. The summed E-state index contributed by atoms with van der Waals surface area (Å²) in [7, 11) is 0. The smallest absolute Gasteiger partial charge is 0.282 e. The van der Waals surface area contributed by atoms with Gasteiger partial charge in [0.1, 0.15) is 5.57 Å². The zero-order chi connectivity index (χ0) is 22.2. The van der Waals surface area contributed by atoms with Gasteiger partial charge in [-0.25, -0.2) is 5.01 Å². The number of benzene rings is 3. The number of nitrogens with one attached hydrogen (secondary N) is 1. The molecule has 3 aromatic carbocycles. The average molecular weight is 462 g/mol. The number of hydrogen-bond acceptors (Lipinski definition) is 2. The molecule has 0 saturated carbocycles. The zero-order valence-corrected chi connectivity index (χ0v) is 18.3. The number of amides is 2. The first-order valence-corrected chi connectivity index (χ1v) is 10.7. The molecule has 2 amide bonds. The van der Waals surface area contributed by atoms with E-state index in [4.69, 9.17) is 23.2 Å². The number of anilines is 1. The molecule has 4 aromatic rings. The summed E-state index contributed by atoms with van der Waals surface area (Å²) >= 11 is 12.2. The Labute approximate surface area is 194 Å². The van der Waals surface area contributed by atoms with E-state index in [1.165, 1.54) is 5.01 Å². The maximum Gasteiger partial charge on any atom is 0.282 e. The van der Waals surface area contributed by atoms with Crippen molar-refractivity contribution in [2.24, 2.45) is 0 Å². The molecule has 1 fully saturated rings. The van der Waals surface area contributed by atoms with Gasteiger partial charge < -0.3 is 4.57 Å². The summed E-state index contributed by atoms with van der Waals surface area (Å²) in [6.07, 6.45) is 3.58. The van der Waals surface area contributed by atoms with E-state index in [2.05, 4.69) is 9.99 Å². The molecule has 0 unspecified atom stereocenters. The van der Waals surface area contributed by atoms with E-state index < -0.39 is 5.91 Å². The number of hydrazine groups is 1. The Morgan fingerprint density at radius 2 is 1.62 bits per heavy atom. The first-order chi connectivity index (χ1) is 15.5. The lowest BCUT2D eigenvalue weighted by Gasteiger charge is -2.13. The number of nitrogens with zero attached hydrogens (tertiary/aromatic N) is 2. The molecule has 0 bridgehead atoms. The number of para-hydroxylation sites is 2. The summed E-state index contributed by atoms with van der Waals surface area (Å²) in [5, 5.41) is 3.21. The Morgan fingerprint density at radius 1 is 0.875 bits per heavy atom. The van der Waals surface area contributed by atoms with Crippen LogP contribution >= 0.6 is 23.2 Å². The third-order valence-corrected chi connectivity index (χ3v) is 6.10. The molecule has 1 N–H and O–H groups in total. The average Bonchev–Trinajstić information content (AvgIpc) is 3.29. The van der Waals surface area contributed by atoms with Crippen LogP contribution in [-0.4, -0.2) is 16.4 Å².